The first-order valence-electron chi connectivity index (χ1n) is 12.7. The van der Waals surface area contributed by atoms with Crippen molar-refractivity contribution >= 4 is 23.6 Å². The number of methoxy groups -OCH3 is 1. The van der Waals surface area contributed by atoms with Crippen LogP contribution in [0, 0.1) is 11.3 Å². The Labute approximate surface area is 242 Å². The molecule has 1 unspecified atom stereocenters. The van der Waals surface area contributed by atoms with E-state index >= 15 is 0 Å². The van der Waals surface area contributed by atoms with E-state index in [2.05, 4.69) is 6.07 Å². The number of nitrogens with zero attached hydrogens (tertiary/aromatic N) is 1. The second-order valence-electron chi connectivity index (χ2n) is 9.11. The van der Waals surface area contributed by atoms with Crippen LogP contribution in [0.15, 0.2) is 109 Å². The van der Waals surface area contributed by atoms with E-state index in [1.807, 2.05) is 42.5 Å². The van der Waals surface area contributed by atoms with Crippen molar-refractivity contribution in [2.45, 2.75) is 12.5 Å². The molecule has 2 N–H and O–H groups in total. The zero-order valence-corrected chi connectivity index (χ0v) is 22.8. The lowest BCUT2D eigenvalue weighted by molar-refractivity contribution is -0.128. The van der Waals surface area contributed by atoms with Gasteiger partial charge in [0.2, 0.25) is 5.88 Å². The second-order valence-corrected chi connectivity index (χ2v) is 9.55. The van der Waals surface area contributed by atoms with Crippen molar-refractivity contribution in [1.29, 1.82) is 5.26 Å². The van der Waals surface area contributed by atoms with Gasteiger partial charge >= 0.3 is 5.97 Å². The number of carbonyl (C=O) groups excluding carboxylic acids is 1. The van der Waals surface area contributed by atoms with Gasteiger partial charge in [-0.2, -0.15) is 5.26 Å². The summed E-state index contributed by atoms with van der Waals surface area (Å²) in [5, 5.41) is 10.6. The van der Waals surface area contributed by atoms with Gasteiger partial charge in [-0.1, -0.05) is 66.2 Å². The summed E-state index contributed by atoms with van der Waals surface area (Å²) in [6, 6.07) is 29.5. The number of allylic oxidation sites excluding steroid dienone is 1. The Morgan fingerprint density at radius 2 is 1.80 bits per heavy atom. The number of hydrogen-bond acceptors (Lipinski definition) is 7. The summed E-state index contributed by atoms with van der Waals surface area (Å²) in [6.07, 6.45) is 2.95. The maximum Gasteiger partial charge on any atom is 0.336 e. The van der Waals surface area contributed by atoms with Crippen molar-refractivity contribution < 1.29 is 23.7 Å². The molecule has 1 aliphatic rings. The van der Waals surface area contributed by atoms with Gasteiger partial charge in [-0.25, -0.2) is 4.79 Å². The third-order valence-electron chi connectivity index (χ3n) is 6.45. The molecule has 0 bridgehead atoms. The van der Waals surface area contributed by atoms with E-state index in [-0.39, 0.29) is 17.2 Å². The first kappa shape index (κ1) is 27.4. The number of rotatable bonds is 8. The Bertz CT molecular complexity index is 1670. The van der Waals surface area contributed by atoms with Gasteiger partial charge in [-0.3, -0.25) is 0 Å². The van der Waals surface area contributed by atoms with Gasteiger partial charge in [0, 0.05) is 22.7 Å². The highest BCUT2D eigenvalue weighted by Crippen LogP contribution is 2.45. The molecule has 1 heterocycles. The van der Waals surface area contributed by atoms with Gasteiger partial charge in [0.1, 0.15) is 29.7 Å². The third-order valence-corrected chi connectivity index (χ3v) is 6.70. The molecule has 8 heteroatoms. The largest absolute Gasteiger partial charge is 0.493 e. The number of esters is 1. The summed E-state index contributed by atoms with van der Waals surface area (Å²) < 4.78 is 22.9. The molecule has 0 spiro atoms. The van der Waals surface area contributed by atoms with Gasteiger partial charge in [0.05, 0.1) is 13.0 Å². The lowest BCUT2D eigenvalue weighted by Gasteiger charge is -2.27. The monoisotopic (exact) mass is 564 g/mol. The average Bonchev–Trinajstić information content (AvgIpc) is 2.99. The molecule has 1 atom stereocenters. The molecule has 0 fully saturated rings. The van der Waals surface area contributed by atoms with E-state index in [1.165, 1.54) is 6.08 Å². The Morgan fingerprint density at radius 1 is 1.02 bits per heavy atom. The number of benzene rings is 4. The maximum atomic E-state index is 12.4. The molecular weight excluding hydrogens is 540 g/mol. The molecule has 41 heavy (non-hydrogen) atoms. The van der Waals surface area contributed by atoms with Crippen molar-refractivity contribution in [2.24, 2.45) is 5.73 Å². The lowest BCUT2D eigenvalue weighted by atomic mass is 9.83. The van der Waals surface area contributed by atoms with Gasteiger partial charge in [0.15, 0.2) is 11.5 Å². The summed E-state index contributed by atoms with van der Waals surface area (Å²) in [7, 11) is 1.56. The molecule has 0 amide bonds. The predicted molar refractivity (Wildman–Crippen MR) is 156 cm³/mol. The third kappa shape index (κ3) is 6.35. The molecule has 0 radical (unpaired) electrons. The Hall–Kier alpha value is -5.19. The van der Waals surface area contributed by atoms with E-state index < -0.39 is 11.9 Å². The number of nitriles is 1. The van der Waals surface area contributed by atoms with Gasteiger partial charge in [-0.15, -0.1) is 0 Å². The topological polar surface area (TPSA) is 104 Å². The quantitative estimate of drug-likeness (QED) is 0.143. The lowest BCUT2D eigenvalue weighted by Crippen LogP contribution is -2.21. The summed E-state index contributed by atoms with van der Waals surface area (Å²) in [5.41, 5.74) is 9.70. The van der Waals surface area contributed by atoms with Crippen molar-refractivity contribution in [3.63, 3.8) is 0 Å². The fourth-order valence-corrected chi connectivity index (χ4v) is 4.57. The van der Waals surface area contributed by atoms with Crippen LogP contribution in [-0.4, -0.2) is 13.1 Å². The molecule has 7 nitrogen and oxygen atoms in total. The van der Waals surface area contributed by atoms with Crippen molar-refractivity contribution in [3.05, 3.63) is 136 Å². The molecule has 0 saturated carbocycles. The maximum absolute atomic E-state index is 12.4. The molecule has 0 aromatic heterocycles. The Balaban J connectivity index is 1.38. The molecular formula is C33H25ClN2O5. The summed E-state index contributed by atoms with van der Waals surface area (Å²) in [5.74, 6) is 0.599. The van der Waals surface area contributed by atoms with Gasteiger partial charge < -0.3 is 24.7 Å². The summed E-state index contributed by atoms with van der Waals surface area (Å²) in [4.78, 5) is 12.4. The average molecular weight is 565 g/mol. The number of halogens is 1. The zero-order chi connectivity index (χ0) is 28.8. The van der Waals surface area contributed by atoms with E-state index in [9.17, 15) is 10.1 Å². The molecule has 204 valence electrons. The van der Waals surface area contributed by atoms with Crippen molar-refractivity contribution in [3.8, 4) is 29.1 Å². The Kier molecular flexibility index (Phi) is 8.23. The SMILES string of the molecule is COc1cc(C2C(C#N)=C(N)Oc3cc(OC(=O)/C=C/c4ccc(Cl)cc4)ccc32)ccc1OCc1ccccc1. The minimum absolute atomic E-state index is 0.0283. The first-order valence-corrected chi connectivity index (χ1v) is 13.0. The van der Waals surface area contributed by atoms with Crippen LogP contribution in [0.2, 0.25) is 5.02 Å². The molecule has 0 saturated heterocycles. The van der Waals surface area contributed by atoms with Crippen LogP contribution < -0.4 is 24.7 Å². The molecule has 5 rings (SSSR count). The molecule has 4 aromatic rings. The standard InChI is InChI=1S/C33H25ClN2O5/c1-38-30-17-23(10-15-28(30)39-20-22-5-3-2-4-6-22)32-26-14-13-25(18-29(26)41-33(36)27(32)19-35)40-31(37)16-9-21-7-11-24(34)12-8-21/h2-18,32H,20,36H2,1H3/b16-9+. The van der Waals surface area contributed by atoms with Crippen LogP contribution in [-0.2, 0) is 11.4 Å². The predicted octanol–water partition coefficient (Wildman–Crippen LogP) is 6.76. The van der Waals surface area contributed by atoms with Crippen LogP contribution in [0.4, 0.5) is 0 Å². The number of carbonyl (C=O) groups is 1. The van der Waals surface area contributed by atoms with Crippen LogP contribution in [0.3, 0.4) is 0 Å². The van der Waals surface area contributed by atoms with Crippen LogP contribution in [0.25, 0.3) is 6.08 Å². The van der Waals surface area contributed by atoms with Gasteiger partial charge in [0.25, 0.3) is 0 Å². The highest BCUT2D eigenvalue weighted by molar-refractivity contribution is 6.30. The van der Waals surface area contributed by atoms with Crippen LogP contribution >= 0.6 is 11.6 Å². The smallest absolute Gasteiger partial charge is 0.336 e. The molecule has 1 aliphatic heterocycles. The second kappa shape index (κ2) is 12.3. The van der Waals surface area contributed by atoms with Crippen LogP contribution in [0.1, 0.15) is 28.2 Å². The Morgan fingerprint density at radius 3 is 2.54 bits per heavy atom. The molecule has 0 aliphatic carbocycles. The fraction of sp³-hybridized carbons (Fsp3) is 0.0909. The number of fused-ring (bicyclic) bond motifs is 1. The van der Waals surface area contributed by atoms with Crippen molar-refractivity contribution in [2.75, 3.05) is 7.11 Å². The van der Waals surface area contributed by atoms with E-state index in [1.54, 1.807) is 61.7 Å². The van der Waals surface area contributed by atoms with Crippen LogP contribution in [0.5, 0.6) is 23.0 Å². The first-order chi connectivity index (χ1) is 19.9. The normalized spacial score (nSPS) is 14.1. The number of ether oxygens (including phenoxy) is 4. The minimum atomic E-state index is -0.565. The fourth-order valence-electron chi connectivity index (χ4n) is 4.45. The van der Waals surface area contributed by atoms with E-state index in [0.717, 1.165) is 16.7 Å². The number of nitrogens with two attached hydrogens (primary N) is 1. The van der Waals surface area contributed by atoms with Gasteiger partial charge in [-0.05, 0) is 53.1 Å². The van der Waals surface area contributed by atoms with Crippen molar-refractivity contribution in [1.82, 2.24) is 0 Å². The molecule has 4 aromatic carbocycles. The minimum Gasteiger partial charge on any atom is -0.493 e. The highest BCUT2D eigenvalue weighted by Gasteiger charge is 2.31. The van der Waals surface area contributed by atoms with E-state index in [0.29, 0.717) is 34.4 Å². The summed E-state index contributed by atoms with van der Waals surface area (Å²) >= 11 is 5.90. The van der Waals surface area contributed by atoms with E-state index in [4.69, 9.17) is 36.3 Å². The zero-order valence-electron chi connectivity index (χ0n) is 22.0. The highest BCUT2D eigenvalue weighted by atomic mass is 35.5. The summed E-state index contributed by atoms with van der Waals surface area (Å²) in [6.45, 7) is 0.378. The number of hydrogen-bond donors (Lipinski definition) is 1.